The van der Waals surface area contributed by atoms with E-state index in [1.807, 2.05) is 6.92 Å². The Bertz CT molecular complexity index is 683. The maximum atomic E-state index is 12.2. The van der Waals surface area contributed by atoms with Gasteiger partial charge in [-0.25, -0.2) is 0 Å². The number of nitrogens with zero attached hydrogens (tertiary/aromatic N) is 2. The molecular formula is C15H15N3O3. The van der Waals surface area contributed by atoms with Crippen LogP contribution < -0.4 is 5.32 Å². The SMILES string of the molecule is Cc1cc(CNC(=O)c2ccncc2C#CCCO)on1. The first-order chi connectivity index (χ1) is 10.2. The normalized spacial score (nSPS) is 9.81. The van der Waals surface area contributed by atoms with Gasteiger partial charge in [0, 0.05) is 24.9 Å². The van der Waals surface area contributed by atoms with Crippen LogP contribution in [-0.2, 0) is 6.54 Å². The van der Waals surface area contributed by atoms with Crippen LogP contribution in [-0.4, -0.2) is 27.8 Å². The monoisotopic (exact) mass is 285 g/mol. The molecule has 6 nitrogen and oxygen atoms in total. The second-order valence-electron chi connectivity index (χ2n) is 4.31. The highest BCUT2D eigenvalue weighted by molar-refractivity contribution is 5.96. The van der Waals surface area contributed by atoms with E-state index < -0.39 is 0 Å². The Balaban J connectivity index is 2.07. The largest absolute Gasteiger partial charge is 0.395 e. The zero-order valence-corrected chi connectivity index (χ0v) is 11.6. The van der Waals surface area contributed by atoms with Crippen molar-refractivity contribution in [2.75, 3.05) is 6.61 Å². The van der Waals surface area contributed by atoms with Gasteiger partial charge in [-0.1, -0.05) is 17.0 Å². The molecule has 0 saturated carbocycles. The van der Waals surface area contributed by atoms with Crippen LogP contribution in [0.5, 0.6) is 0 Å². The third kappa shape index (κ3) is 4.16. The summed E-state index contributed by atoms with van der Waals surface area (Å²) in [7, 11) is 0. The minimum Gasteiger partial charge on any atom is -0.395 e. The Kier molecular flexibility index (Phi) is 5.07. The molecule has 108 valence electrons. The van der Waals surface area contributed by atoms with Crippen LogP contribution in [0.25, 0.3) is 0 Å². The summed E-state index contributed by atoms with van der Waals surface area (Å²) in [6, 6.07) is 3.36. The van der Waals surface area contributed by atoms with E-state index in [9.17, 15) is 4.79 Å². The number of pyridine rings is 1. The van der Waals surface area contributed by atoms with Crippen molar-refractivity contribution in [2.45, 2.75) is 19.9 Å². The van der Waals surface area contributed by atoms with Gasteiger partial charge < -0.3 is 14.9 Å². The average Bonchev–Trinajstić information content (AvgIpc) is 2.91. The zero-order valence-electron chi connectivity index (χ0n) is 11.6. The fourth-order valence-electron chi connectivity index (χ4n) is 1.67. The van der Waals surface area contributed by atoms with Crippen molar-refractivity contribution in [1.82, 2.24) is 15.5 Å². The number of aliphatic hydroxyl groups is 1. The fraction of sp³-hybridized carbons (Fsp3) is 0.267. The van der Waals surface area contributed by atoms with Crippen molar-refractivity contribution >= 4 is 5.91 Å². The zero-order chi connectivity index (χ0) is 15.1. The van der Waals surface area contributed by atoms with Crippen LogP contribution in [0, 0.1) is 18.8 Å². The summed E-state index contributed by atoms with van der Waals surface area (Å²) in [6.07, 6.45) is 3.41. The molecule has 0 fully saturated rings. The predicted molar refractivity (Wildman–Crippen MR) is 75.2 cm³/mol. The van der Waals surface area contributed by atoms with E-state index in [-0.39, 0.29) is 19.1 Å². The van der Waals surface area contributed by atoms with Gasteiger partial charge in [0.2, 0.25) is 0 Å². The van der Waals surface area contributed by atoms with Gasteiger partial charge in [-0.05, 0) is 13.0 Å². The van der Waals surface area contributed by atoms with Crippen molar-refractivity contribution < 1.29 is 14.4 Å². The van der Waals surface area contributed by atoms with Gasteiger partial charge in [0.25, 0.3) is 5.91 Å². The van der Waals surface area contributed by atoms with E-state index in [1.54, 1.807) is 12.1 Å². The number of aryl methyl sites for hydroxylation is 1. The molecule has 0 unspecified atom stereocenters. The van der Waals surface area contributed by atoms with Crippen LogP contribution in [0.2, 0.25) is 0 Å². The van der Waals surface area contributed by atoms with E-state index >= 15 is 0 Å². The van der Waals surface area contributed by atoms with Crippen molar-refractivity contribution in [3.8, 4) is 11.8 Å². The molecule has 0 aromatic carbocycles. The van der Waals surface area contributed by atoms with Gasteiger partial charge in [-0.2, -0.15) is 0 Å². The number of carbonyl (C=O) groups excluding carboxylic acids is 1. The summed E-state index contributed by atoms with van der Waals surface area (Å²) >= 11 is 0. The molecule has 0 atom stereocenters. The van der Waals surface area contributed by atoms with Gasteiger partial charge in [0.1, 0.15) is 0 Å². The van der Waals surface area contributed by atoms with E-state index in [2.05, 4.69) is 27.3 Å². The number of nitrogens with one attached hydrogen (secondary N) is 1. The van der Waals surface area contributed by atoms with Crippen molar-refractivity contribution in [1.29, 1.82) is 0 Å². The molecule has 6 heteroatoms. The van der Waals surface area contributed by atoms with Crippen molar-refractivity contribution in [2.24, 2.45) is 0 Å². The Morgan fingerprint density at radius 1 is 1.52 bits per heavy atom. The standard InChI is InChI=1S/C15H15N3O3/c1-11-8-13(21-18-11)10-17-15(20)14-5-6-16-9-12(14)4-2-3-7-19/h5-6,8-9,19H,3,7,10H2,1H3,(H,17,20). The second kappa shape index (κ2) is 7.22. The Hall–Kier alpha value is -2.65. The highest BCUT2D eigenvalue weighted by atomic mass is 16.5. The summed E-state index contributed by atoms with van der Waals surface area (Å²) < 4.78 is 5.03. The number of rotatable bonds is 4. The number of aromatic nitrogens is 2. The molecule has 0 saturated heterocycles. The molecule has 2 aromatic heterocycles. The highest BCUT2D eigenvalue weighted by Gasteiger charge is 2.11. The van der Waals surface area contributed by atoms with Crippen LogP contribution in [0.3, 0.4) is 0 Å². The Morgan fingerprint density at radius 2 is 2.38 bits per heavy atom. The number of aliphatic hydroxyl groups excluding tert-OH is 1. The van der Waals surface area contributed by atoms with Crippen LogP contribution >= 0.6 is 0 Å². The summed E-state index contributed by atoms with van der Waals surface area (Å²) in [5.41, 5.74) is 1.72. The lowest BCUT2D eigenvalue weighted by Crippen LogP contribution is -2.23. The molecule has 0 aliphatic heterocycles. The topological polar surface area (TPSA) is 88.2 Å². The molecule has 2 N–H and O–H groups in total. The maximum absolute atomic E-state index is 12.2. The van der Waals surface area contributed by atoms with Crippen LogP contribution in [0.15, 0.2) is 29.0 Å². The highest BCUT2D eigenvalue weighted by Crippen LogP contribution is 2.07. The molecule has 2 heterocycles. The molecule has 0 aliphatic carbocycles. The summed E-state index contributed by atoms with van der Waals surface area (Å²) in [4.78, 5) is 16.1. The lowest BCUT2D eigenvalue weighted by atomic mass is 10.1. The molecule has 0 bridgehead atoms. The van der Waals surface area contributed by atoms with Gasteiger partial charge in [0.15, 0.2) is 5.76 Å². The quantitative estimate of drug-likeness (QED) is 0.819. The maximum Gasteiger partial charge on any atom is 0.253 e. The second-order valence-corrected chi connectivity index (χ2v) is 4.31. The first-order valence-corrected chi connectivity index (χ1v) is 6.45. The Labute approximate surface area is 122 Å². The summed E-state index contributed by atoms with van der Waals surface area (Å²) in [5, 5.41) is 15.2. The lowest BCUT2D eigenvalue weighted by molar-refractivity contribution is 0.0946. The minimum atomic E-state index is -0.264. The molecule has 2 rings (SSSR count). The number of amides is 1. The van der Waals surface area contributed by atoms with Crippen LogP contribution in [0.4, 0.5) is 0 Å². The number of carbonyl (C=O) groups is 1. The number of hydrogen-bond donors (Lipinski definition) is 2. The first-order valence-electron chi connectivity index (χ1n) is 6.45. The van der Waals surface area contributed by atoms with Gasteiger partial charge in [0.05, 0.1) is 30.0 Å². The molecule has 0 radical (unpaired) electrons. The van der Waals surface area contributed by atoms with Gasteiger partial charge in [-0.15, -0.1) is 0 Å². The van der Waals surface area contributed by atoms with Gasteiger partial charge in [-0.3, -0.25) is 9.78 Å². The number of hydrogen-bond acceptors (Lipinski definition) is 5. The summed E-state index contributed by atoms with van der Waals surface area (Å²) in [6.45, 7) is 2.05. The first kappa shape index (κ1) is 14.8. The molecule has 2 aromatic rings. The molecule has 0 aliphatic rings. The third-order valence-corrected chi connectivity index (χ3v) is 2.63. The van der Waals surface area contributed by atoms with E-state index in [4.69, 9.17) is 9.63 Å². The predicted octanol–water partition coefficient (Wildman–Crippen LogP) is 1.04. The van der Waals surface area contributed by atoms with Crippen molar-refractivity contribution in [3.63, 3.8) is 0 Å². The average molecular weight is 285 g/mol. The molecule has 1 amide bonds. The van der Waals surface area contributed by atoms with E-state index in [0.717, 1.165) is 5.69 Å². The van der Waals surface area contributed by atoms with E-state index in [0.29, 0.717) is 23.3 Å². The van der Waals surface area contributed by atoms with Gasteiger partial charge >= 0.3 is 0 Å². The Morgan fingerprint density at radius 3 is 3.10 bits per heavy atom. The van der Waals surface area contributed by atoms with E-state index in [1.165, 1.54) is 12.4 Å². The lowest BCUT2D eigenvalue weighted by Gasteiger charge is -2.04. The minimum absolute atomic E-state index is 0.0142. The fourth-order valence-corrected chi connectivity index (χ4v) is 1.67. The molecular weight excluding hydrogens is 270 g/mol. The molecule has 21 heavy (non-hydrogen) atoms. The van der Waals surface area contributed by atoms with Crippen LogP contribution in [0.1, 0.15) is 33.8 Å². The third-order valence-electron chi connectivity index (χ3n) is 2.63. The molecule has 0 spiro atoms. The smallest absolute Gasteiger partial charge is 0.253 e. The van der Waals surface area contributed by atoms with Crippen molar-refractivity contribution in [3.05, 3.63) is 47.1 Å². The summed E-state index contributed by atoms with van der Waals surface area (Å²) in [5.74, 6) is 5.93.